The van der Waals surface area contributed by atoms with Crippen LogP contribution in [0.15, 0.2) is 30.3 Å². The third-order valence-electron chi connectivity index (χ3n) is 3.13. The number of aryl methyl sites for hydroxylation is 1. The van der Waals surface area contributed by atoms with Crippen molar-refractivity contribution < 1.29 is 0 Å². The predicted octanol–water partition coefficient (Wildman–Crippen LogP) is 4.78. The van der Waals surface area contributed by atoms with Crippen LogP contribution in [0.25, 0.3) is 15.7 Å². The molecule has 1 aliphatic rings. The van der Waals surface area contributed by atoms with Crippen LogP contribution >= 0.6 is 11.3 Å². The summed E-state index contributed by atoms with van der Waals surface area (Å²) in [5, 5.41) is 1.45. The minimum atomic E-state index is 1.26. The average molecular weight is 214 g/mol. The molecule has 1 aromatic heterocycles. The van der Waals surface area contributed by atoms with E-state index < -0.39 is 0 Å². The van der Waals surface area contributed by atoms with E-state index in [1.54, 1.807) is 5.57 Å². The second kappa shape index (κ2) is 3.49. The fourth-order valence-corrected chi connectivity index (χ4v) is 3.56. The Hall–Kier alpha value is -1.08. The molecule has 15 heavy (non-hydrogen) atoms. The number of hydrogen-bond acceptors (Lipinski definition) is 1. The van der Waals surface area contributed by atoms with Crippen molar-refractivity contribution >= 4 is 27.0 Å². The Morgan fingerprint density at radius 3 is 2.87 bits per heavy atom. The highest BCUT2D eigenvalue weighted by Crippen LogP contribution is 2.39. The van der Waals surface area contributed by atoms with Crippen LogP contribution < -0.4 is 0 Å². The zero-order valence-corrected chi connectivity index (χ0v) is 9.73. The van der Waals surface area contributed by atoms with Crippen molar-refractivity contribution in [1.29, 1.82) is 0 Å². The molecule has 0 saturated carbocycles. The first-order chi connectivity index (χ1) is 7.36. The number of allylic oxidation sites excluding steroid dienone is 2. The van der Waals surface area contributed by atoms with E-state index in [2.05, 4.69) is 37.3 Å². The molecule has 0 nitrogen and oxygen atoms in total. The summed E-state index contributed by atoms with van der Waals surface area (Å²) in [4.78, 5) is 1.48. The molecule has 1 heterocycles. The first-order valence-corrected chi connectivity index (χ1v) is 6.35. The fraction of sp³-hybridized carbons (Fsp3) is 0.286. The van der Waals surface area contributed by atoms with Gasteiger partial charge in [-0.25, -0.2) is 0 Å². The molecule has 0 bridgehead atoms. The van der Waals surface area contributed by atoms with E-state index >= 15 is 0 Å². The van der Waals surface area contributed by atoms with E-state index in [0.29, 0.717) is 0 Å². The standard InChI is InChI=1S/C14H14S/c1-10-14(11-6-2-3-7-11)12-8-4-5-9-13(12)15-10/h4-6,8-9H,2-3,7H2,1H3. The summed E-state index contributed by atoms with van der Waals surface area (Å²) < 4.78 is 1.43. The summed E-state index contributed by atoms with van der Waals surface area (Å²) >= 11 is 1.92. The highest BCUT2D eigenvalue weighted by molar-refractivity contribution is 7.19. The molecule has 2 aromatic rings. The van der Waals surface area contributed by atoms with Crippen LogP contribution in [-0.4, -0.2) is 0 Å². The minimum Gasteiger partial charge on any atom is -0.140 e. The second-order valence-corrected chi connectivity index (χ2v) is 5.41. The molecule has 0 fully saturated rings. The Kier molecular flexibility index (Phi) is 2.14. The van der Waals surface area contributed by atoms with Gasteiger partial charge in [0, 0.05) is 15.0 Å². The van der Waals surface area contributed by atoms with Crippen LogP contribution in [-0.2, 0) is 0 Å². The Balaban J connectivity index is 2.28. The molecule has 0 N–H and O–H groups in total. The van der Waals surface area contributed by atoms with E-state index in [1.807, 2.05) is 11.3 Å². The largest absolute Gasteiger partial charge is 0.140 e. The lowest BCUT2D eigenvalue weighted by molar-refractivity contribution is 0.935. The lowest BCUT2D eigenvalue weighted by Crippen LogP contribution is -1.80. The molecule has 1 heteroatoms. The summed E-state index contributed by atoms with van der Waals surface area (Å²) in [6, 6.07) is 8.76. The molecule has 0 aliphatic heterocycles. The third kappa shape index (κ3) is 1.42. The molecule has 0 radical (unpaired) electrons. The Morgan fingerprint density at radius 1 is 1.20 bits per heavy atom. The van der Waals surface area contributed by atoms with Crippen LogP contribution in [0, 0.1) is 6.92 Å². The van der Waals surface area contributed by atoms with Crippen molar-refractivity contribution in [3.8, 4) is 0 Å². The summed E-state index contributed by atoms with van der Waals surface area (Å²) in [6.07, 6.45) is 6.28. The third-order valence-corrected chi connectivity index (χ3v) is 4.22. The molecule has 1 aromatic carbocycles. The normalized spacial score (nSPS) is 15.9. The topological polar surface area (TPSA) is 0 Å². The molecule has 0 amide bonds. The zero-order valence-electron chi connectivity index (χ0n) is 8.92. The zero-order chi connectivity index (χ0) is 10.3. The molecule has 0 atom stereocenters. The van der Waals surface area contributed by atoms with E-state index in [1.165, 1.54) is 39.8 Å². The van der Waals surface area contributed by atoms with Gasteiger partial charge in [-0.1, -0.05) is 24.3 Å². The van der Waals surface area contributed by atoms with Crippen molar-refractivity contribution in [2.45, 2.75) is 26.2 Å². The van der Waals surface area contributed by atoms with E-state index in [4.69, 9.17) is 0 Å². The molecular formula is C14H14S. The molecule has 3 rings (SSSR count). The van der Waals surface area contributed by atoms with Gasteiger partial charge in [-0.3, -0.25) is 0 Å². The minimum absolute atomic E-state index is 1.26. The van der Waals surface area contributed by atoms with Crippen molar-refractivity contribution in [3.63, 3.8) is 0 Å². The first kappa shape index (κ1) is 9.17. The van der Waals surface area contributed by atoms with Crippen molar-refractivity contribution in [2.24, 2.45) is 0 Å². The van der Waals surface area contributed by atoms with Crippen molar-refractivity contribution in [3.05, 3.63) is 40.8 Å². The first-order valence-electron chi connectivity index (χ1n) is 5.54. The van der Waals surface area contributed by atoms with Gasteiger partial charge in [0.1, 0.15) is 0 Å². The monoisotopic (exact) mass is 214 g/mol. The van der Waals surface area contributed by atoms with Crippen LogP contribution in [0.1, 0.15) is 29.7 Å². The van der Waals surface area contributed by atoms with E-state index in [-0.39, 0.29) is 0 Å². The smallest absolute Gasteiger partial charge is 0.0351 e. The van der Waals surface area contributed by atoms with Crippen molar-refractivity contribution in [1.82, 2.24) is 0 Å². The van der Waals surface area contributed by atoms with Gasteiger partial charge in [-0.2, -0.15) is 0 Å². The Morgan fingerprint density at radius 2 is 2.07 bits per heavy atom. The number of hydrogen-bond donors (Lipinski definition) is 0. The fourth-order valence-electron chi connectivity index (χ4n) is 2.46. The second-order valence-electron chi connectivity index (χ2n) is 4.15. The lowest BCUT2D eigenvalue weighted by Gasteiger charge is -2.01. The van der Waals surface area contributed by atoms with Gasteiger partial charge in [0.15, 0.2) is 0 Å². The van der Waals surface area contributed by atoms with Gasteiger partial charge in [0.05, 0.1) is 0 Å². The molecule has 76 valence electrons. The number of thiophene rings is 1. The van der Waals surface area contributed by atoms with Gasteiger partial charge >= 0.3 is 0 Å². The van der Waals surface area contributed by atoms with Crippen LogP contribution in [0.4, 0.5) is 0 Å². The molecular weight excluding hydrogens is 200 g/mol. The number of rotatable bonds is 1. The molecule has 0 unspecified atom stereocenters. The van der Waals surface area contributed by atoms with E-state index in [9.17, 15) is 0 Å². The summed E-state index contributed by atoms with van der Waals surface area (Å²) in [5.74, 6) is 0. The van der Waals surface area contributed by atoms with Crippen LogP contribution in [0.5, 0.6) is 0 Å². The predicted molar refractivity (Wildman–Crippen MR) is 68.4 cm³/mol. The van der Waals surface area contributed by atoms with E-state index in [0.717, 1.165) is 0 Å². The summed E-state index contributed by atoms with van der Waals surface area (Å²) in [6.45, 7) is 2.25. The average Bonchev–Trinajstić information content (AvgIpc) is 2.82. The molecule has 1 aliphatic carbocycles. The maximum Gasteiger partial charge on any atom is 0.0351 e. The number of fused-ring (bicyclic) bond motifs is 1. The SMILES string of the molecule is Cc1sc2ccccc2c1C1=CCCC1. The summed E-state index contributed by atoms with van der Waals surface area (Å²) in [7, 11) is 0. The highest BCUT2D eigenvalue weighted by atomic mass is 32.1. The highest BCUT2D eigenvalue weighted by Gasteiger charge is 2.14. The van der Waals surface area contributed by atoms with Gasteiger partial charge in [-0.15, -0.1) is 11.3 Å². The van der Waals surface area contributed by atoms with Crippen LogP contribution in [0.2, 0.25) is 0 Å². The maximum absolute atomic E-state index is 2.42. The van der Waals surface area contributed by atoms with Gasteiger partial charge in [-0.05, 0) is 43.4 Å². The Labute approximate surface area is 94.2 Å². The van der Waals surface area contributed by atoms with Crippen LogP contribution in [0.3, 0.4) is 0 Å². The Bertz CT molecular complexity index is 531. The quantitative estimate of drug-likeness (QED) is 0.641. The molecule has 0 spiro atoms. The molecule has 0 saturated heterocycles. The van der Waals surface area contributed by atoms with Gasteiger partial charge in [0.2, 0.25) is 0 Å². The van der Waals surface area contributed by atoms with Gasteiger partial charge in [0.25, 0.3) is 0 Å². The maximum atomic E-state index is 2.42. The van der Waals surface area contributed by atoms with Crippen molar-refractivity contribution in [2.75, 3.05) is 0 Å². The van der Waals surface area contributed by atoms with Gasteiger partial charge < -0.3 is 0 Å². The number of benzene rings is 1. The summed E-state index contributed by atoms with van der Waals surface area (Å²) in [5.41, 5.74) is 3.10. The lowest BCUT2D eigenvalue weighted by atomic mass is 10.0.